The summed E-state index contributed by atoms with van der Waals surface area (Å²) in [4.78, 5) is 12.4. The Balaban J connectivity index is 1.81. The highest BCUT2D eigenvalue weighted by Crippen LogP contribution is 2.21. The lowest BCUT2D eigenvalue weighted by Gasteiger charge is -2.18. The number of hydrogen-bond donors (Lipinski definition) is 2. The number of carbonyl (C=O) groups excluding carboxylic acids is 1. The summed E-state index contributed by atoms with van der Waals surface area (Å²) in [6.45, 7) is 4.68. The lowest BCUT2D eigenvalue weighted by atomic mass is 10.0. The van der Waals surface area contributed by atoms with E-state index in [-0.39, 0.29) is 5.91 Å². The topological polar surface area (TPSA) is 46.1 Å². The van der Waals surface area contributed by atoms with Crippen LogP contribution in [0.1, 0.15) is 28.5 Å². The van der Waals surface area contributed by atoms with Crippen LogP contribution in [0.3, 0.4) is 0 Å². The van der Waals surface area contributed by atoms with Crippen molar-refractivity contribution in [3.63, 3.8) is 0 Å². The Morgan fingerprint density at radius 3 is 3.05 bits per heavy atom. The average Bonchev–Trinajstić information content (AvgIpc) is 2.88. The fraction of sp³-hybridized carbons (Fsp3) is 0.312. The zero-order valence-electron chi connectivity index (χ0n) is 11.9. The third-order valence-corrected chi connectivity index (χ3v) is 4.22. The Bertz CT molecular complexity index is 678. The molecule has 5 heteroatoms. The fourth-order valence-electron chi connectivity index (χ4n) is 2.68. The summed E-state index contributed by atoms with van der Waals surface area (Å²) in [5.74, 6) is -0.0775. The van der Waals surface area contributed by atoms with Crippen LogP contribution in [0.15, 0.2) is 34.9 Å². The largest absolute Gasteiger partial charge is 0.343 e. The Hall–Kier alpha value is -1.59. The molecule has 1 aliphatic rings. The summed E-state index contributed by atoms with van der Waals surface area (Å²) in [6, 6.07) is 8.00. The number of anilines is 1. The minimum absolute atomic E-state index is 0.0775. The van der Waals surface area contributed by atoms with Gasteiger partial charge >= 0.3 is 0 Å². The molecule has 0 saturated carbocycles. The molecule has 1 aliphatic heterocycles. The third kappa shape index (κ3) is 3.04. The monoisotopic (exact) mass is 347 g/mol. The van der Waals surface area contributed by atoms with Gasteiger partial charge in [-0.25, -0.2) is 0 Å². The molecule has 2 heterocycles. The van der Waals surface area contributed by atoms with Crippen LogP contribution < -0.4 is 10.6 Å². The SMILES string of the molecule is CCn1cc(Br)cc1C(=O)Nc1ccc2c(c1)CNCC2. The second kappa shape index (κ2) is 6.03. The lowest BCUT2D eigenvalue weighted by molar-refractivity contribution is 0.101. The van der Waals surface area contributed by atoms with Crippen molar-refractivity contribution in [2.45, 2.75) is 26.4 Å². The zero-order chi connectivity index (χ0) is 14.8. The van der Waals surface area contributed by atoms with Crippen molar-refractivity contribution < 1.29 is 4.79 Å². The molecular formula is C16H18BrN3O. The Morgan fingerprint density at radius 1 is 1.38 bits per heavy atom. The molecule has 2 N–H and O–H groups in total. The van der Waals surface area contributed by atoms with E-state index in [1.165, 1.54) is 11.1 Å². The van der Waals surface area contributed by atoms with Crippen LogP contribution in [0.2, 0.25) is 0 Å². The molecule has 1 amide bonds. The molecule has 0 radical (unpaired) electrons. The van der Waals surface area contributed by atoms with Gasteiger partial charge in [0.15, 0.2) is 0 Å². The van der Waals surface area contributed by atoms with E-state index in [0.29, 0.717) is 5.69 Å². The fourth-order valence-corrected chi connectivity index (χ4v) is 3.14. The second-order valence-electron chi connectivity index (χ2n) is 5.19. The molecule has 110 valence electrons. The zero-order valence-corrected chi connectivity index (χ0v) is 13.5. The maximum Gasteiger partial charge on any atom is 0.272 e. The highest BCUT2D eigenvalue weighted by molar-refractivity contribution is 9.10. The smallest absolute Gasteiger partial charge is 0.272 e. The summed E-state index contributed by atoms with van der Waals surface area (Å²) < 4.78 is 2.85. The molecule has 0 aliphatic carbocycles. The first-order valence-corrected chi connectivity index (χ1v) is 7.96. The van der Waals surface area contributed by atoms with E-state index < -0.39 is 0 Å². The van der Waals surface area contributed by atoms with Crippen LogP contribution in [0.25, 0.3) is 0 Å². The molecule has 0 atom stereocenters. The van der Waals surface area contributed by atoms with Crippen molar-refractivity contribution in [1.82, 2.24) is 9.88 Å². The molecule has 0 bridgehead atoms. The average molecular weight is 348 g/mol. The van der Waals surface area contributed by atoms with Crippen LogP contribution in [-0.2, 0) is 19.5 Å². The van der Waals surface area contributed by atoms with Crippen LogP contribution in [0, 0.1) is 0 Å². The summed E-state index contributed by atoms with van der Waals surface area (Å²) in [6.07, 6.45) is 2.97. The molecule has 3 rings (SSSR count). The first-order chi connectivity index (χ1) is 10.2. The number of benzene rings is 1. The molecule has 21 heavy (non-hydrogen) atoms. The number of halogens is 1. The van der Waals surface area contributed by atoms with Crippen LogP contribution >= 0.6 is 15.9 Å². The number of fused-ring (bicyclic) bond motifs is 1. The van der Waals surface area contributed by atoms with Crippen molar-refractivity contribution in [2.24, 2.45) is 0 Å². The van der Waals surface area contributed by atoms with Gasteiger partial charge in [0.1, 0.15) is 5.69 Å². The number of nitrogens with zero attached hydrogens (tertiary/aromatic N) is 1. The quantitative estimate of drug-likeness (QED) is 0.895. The van der Waals surface area contributed by atoms with Gasteiger partial charge in [-0.05, 0) is 65.1 Å². The van der Waals surface area contributed by atoms with E-state index in [9.17, 15) is 4.79 Å². The number of hydrogen-bond acceptors (Lipinski definition) is 2. The predicted molar refractivity (Wildman–Crippen MR) is 87.6 cm³/mol. The van der Waals surface area contributed by atoms with Crippen LogP contribution in [0.4, 0.5) is 5.69 Å². The van der Waals surface area contributed by atoms with Gasteiger partial charge < -0.3 is 15.2 Å². The van der Waals surface area contributed by atoms with Gasteiger partial charge in [0.05, 0.1) is 0 Å². The summed E-state index contributed by atoms with van der Waals surface area (Å²) in [5, 5.41) is 6.34. The van der Waals surface area contributed by atoms with Crippen molar-refractivity contribution in [1.29, 1.82) is 0 Å². The molecule has 2 aromatic rings. The van der Waals surface area contributed by atoms with Crippen LogP contribution in [0.5, 0.6) is 0 Å². The highest BCUT2D eigenvalue weighted by atomic mass is 79.9. The Morgan fingerprint density at radius 2 is 2.24 bits per heavy atom. The minimum atomic E-state index is -0.0775. The molecular weight excluding hydrogens is 330 g/mol. The van der Waals surface area contributed by atoms with Gasteiger partial charge in [-0.3, -0.25) is 4.79 Å². The second-order valence-corrected chi connectivity index (χ2v) is 6.11. The first-order valence-electron chi connectivity index (χ1n) is 7.17. The number of aromatic nitrogens is 1. The van der Waals surface area contributed by atoms with Crippen molar-refractivity contribution in [3.05, 3.63) is 51.8 Å². The maximum absolute atomic E-state index is 12.4. The van der Waals surface area contributed by atoms with Crippen molar-refractivity contribution >= 4 is 27.5 Å². The summed E-state index contributed by atoms with van der Waals surface area (Å²) in [5.41, 5.74) is 4.15. The maximum atomic E-state index is 12.4. The summed E-state index contributed by atoms with van der Waals surface area (Å²) >= 11 is 3.42. The molecule has 4 nitrogen and oxygen atoms in total. The van der Waals surface area contributed by atoms with Crippen molar-refractivity contribution in [2.75, 3.05) is 11.9 Å². The van der Waals surface area contributed by atoms with Crippen molar-refractivity contribution in [3.8, 4) is 0 Å². The van der Waals surface area contributed by atoms with E-state index >= 15 is 0 Å². The Labute approximate surface area is 132 Å². The molecule has 1 aromatic carbocycles. The molecule has 0 saturated heterocycles. The number of aryl methyl sites for hydroxylation is 1. The van der Waals surface area contributed by atoms with Gasteiger partial charge in [-0.15, -0.1) is 0 Å². The van der Waals surface area contributed by atoms with Gasteiger partial charge in [-0.2, -0.15) is 0 Å². The number of carbonyl (C=O) groups is 1. The minimum Gasteiger partial charge on any atom is -0.343 e. The van der Waals surface area contributed by atoms with Crippen LogP contribution in [-0.4, -0.2) is 17.0 Å². The number of amides is 1. The molecule has 0 spiro atoms. The van der Waals surface area contributed by atoms with E-state index in [4.69, 9.17) is 0 Å². The first kappa shape index (κ1) is 14.4. The van der Waals surface area contributed by atoms with E-state index in [1.807, 2.05) is 29.8 Å². The third-order valence-electron chi connectivity index (χ3n) is 3.79. The normalized spacial score (nSPS) is 13.8. The van der Waals surface area contributed by atoms with Gasteiger partial charge in [0.2, 0.25) is 0 Å². The molecule has 0 unspecified atom stereocenters. The summed E-state index contributed by atoms with van der Waals surface area (Å²) in [7, 11) is 0. The Kier molecular flexibility index (Phi) is 4.12. The molecule has 1 aromatic heterocycles. The van der Waals surface area contributed by atoms with E-state index in [1.54, 1.807) is 0 Å². The van der Waals surface area contributed by atoms with E-state index in [2.05, 4.69) is 38.7 Å². The highest BCUT2D eigenvalue weighted by Gasteiger charge is 2.14. The number of nitrogens with one attached hydrogen (secondary N) is 2. The van der Waals surface area contributed by atoms with E-state index in [0.717, 1.165) is 36.2 Å². The predicted octanol–water partition coefficient (Wildman–Crippen LogP) is 3.17. The van der Waals surface area contributed by atoms with Gasteiger partial charge in [0.25, 0.3) is 5.91 Å². The molecule has 0 fully saturated rings. The lowest BCUT2D eigenvalue weighted by Crippen LogP contribution is -2.24. The van der Waals surface area contributed by atoms with Gasteiger partial charge in [0, 0.05) is 29.4 Å². The van der Waals surface area contributed by atoms with Gasteiger partial charge in [-0.1, -0.05) is 6.07 Å². The number of rotatable bonds is 3. The standard InChI is InChI=1S/C16H18BrN3O/c1-2-20-10-13(17)8-15(20)16(21)19-14-4-3-11-5-6-18-9-12(11)7-14/h3-4,7-8,10,18H,2,5-6,9H2,1H3,(H,19,21).